The van der Waals surface area contributed by atoms with Crippen molar-refractivity contribution in [3.05, 3.63) is 89.4 Å². The third-order valence-corrected chi connectivity index (χ3v) is 4.83. The van der Waals surface area contributed by atoms with Gasteiger partial charge in [-0.15, -0.1) is 0 Å². The van der Waals surface area contributed by atoms with Crippen LogP contribution in [0.15, 0.2) is 67.0 Å². The Balaban J connectivity index is 1.46. The van der Waals surface area contributed by atoms with Gasteiger partial charge in [-0.2, -0.15) is 5.10 Å². The third kappa shape index (κ3) is 3.75. The van der Waals surface area contributed by atoms with Crippen LogP contribution in [0.1, 0.15) is 38.9 Å². The number of carbonyl (C=O) groups is 2. The van der Waals surface area contributed by atoms with Gasteiger partial charge in [-0.05, 0) is 18.1 Å². The van der Waals surface area contributed by atoms with E-state index in [0.29, 0.717) is 24.1 Å². The second kappa shape index (κ2) is 8.02. The van der Waals surface area contributed by atoms with Gasteiger partial charge in [0, 0.05) is 17.1 Å². The number of carbonyl (C=O) groups excluding carboxylic acids is 2. The fourth-order valence-corrected chi connectivity index (χ4v) is 3.37. The van der Waals surface area contributed by atoms with Gasteiger partial charge in [0.05, 0.1) is 29.6 Å². The average molecular weight is 387 g/mol. The van der Waals surface area contributed by atoms with E-state index in [1.165, 1.54) is 6.20 Å². The predicted molar refractivity (Wildman–Crippen MR) is 110 cm³/mol. The summed E-state index contributed by atoms with van der Waals surface area (Å²) in [6.07, 6.45) is 3.81. The van der Waals surface area contributed by atoms with Crippen LogP contribution in [-0.4, -0.2) is 26.6 Å². The smallest absolute Gasteiger partial charge is 0.273 e. The van der Waals surface area contributed by atoms with Crippen molar-refractivity contribution in [2.75, 3.05) is 0 Å². The van der Waals surface area contributed by atoms with Crippen molar-refractivity contribution >= 4 is 22.7 Å². The largest absolute Gasteiger partial charge is 0.360 e. The molecule has 7 nitrogen and oxygen atoms in total. The zero-order valence-electron chi connectivity index (χ0n) is 16.0. The molecule has 0 aliphatic carbocycles. The fraction of sp³-hybridized carbons (Fsp3) is 0.136. The Bertz CT molecular complexity index is 1160. The Hall–Kier alpha value is -3.87. The van der Waals surface area contributed by atoms with Gasteiger partial charge in [0.2, 0.25) is 0 Å². The van der Waals surface area contributed by atoms with Crippen molar-refractivity contribution < 1.29 is 9.59 Å². The van der Waals surface area contributed by atoms with Crippen molar-refractivity contribution in [1.82, 2.24) is 25.6 Å². The molecule has 0 saturated heterocycles. The molecule has 0 aliphatic rings. The molecular weight excluding hydrogens is 366 g/mol. The van der Waals surface area contributed by atoms with Crippen molar-refractivity contribution in [3.63, 3.8) is 0 Å². The molecule has 2 aromatic carbocycles. The number of rotatable bonds is 5. The minimum atomic E-state index is -0.394. The first kappa shape index (κ1) is 18.5. The molecule has 0 radical (unpaired) electrons. The molecule has 29 heavy (non-hydrogen) atoms. The van der Waals surface area contributed by atoms with Crippen molar-refractivity contribution in [1.29, 1.82) is 0 Å². The van der Waals surface area contributed by atoms with Gasteiger partial charge in [-0.25, -0.2) is 0 Å². The Labute approximate surface area is 167 Å². The lowest BCUT2D eigenvalue weighted by Crippen LogP contribution is -2.41. The lowest BCUT2D eigenvalue weighted by atomic mass is 10.1. The Kier molecular flexibility index (Phi) is 5.11. The van der Waals surface area contributed by atoms with E-state index in [4.69, 9.17) is 0 Å². The van der Waals surface area contributed by atoms with E-state index < -0.39 is 5.91 Å². The van der Waals surface area contributed by atoms with Crippen molar-refractivity contribution in [2.45, 2.75) is 19.9 Å². The maximum absolute atomic E-state index is 12.6. The number of para-hydroxylation sites is 1. The normalized spacial score (nSPS) is 10.8. The van der Waals surface area contributed by atoms with Gasteiger partial charge in [-0.3, -0.25) is 25.1 Å². The monoisotopic (exact) mass is 387 g/mol. The molecule has 3 N–H and O–H groups in total. The zero-order chi connectivity index (χ0) is 20.2. The number of amides is 2. The molecule has 2 heterocycles. The van der Waals surface area contributed by atoms with Crippen LogP contribution in [0.5, 0.6) is 0 Å². The summed E-state index contributed by atoms with van der Waals surface area (Å²) in [5.41, 5.74) is 8.68. The van der Waals surface area contributed by atoms with Crippen LogP contribution in [0.4, 0.5) is 0 Å². The van der Waals surface area contributed by atoms with E-state index in [1.54, 1.807) is 6.20 Å². The molecule has 0 spiro atoms. The summed E-state index contributed by atoms with van der Waals surface area (Å²) >= 11 is 0. The number of hydrogen-bond acceptors (Lipinski definition) is 3. The number of fused-ring (bicyclic) bond motifs is 1. The molecule has 7 heteroatoms. The van der Waals surface area contributed by atoms with Crippen LogP contribution in [0.2, 0.25) is 0 Å². The number of benzene rings is 2. The Morgan fingerprint density at radius 2 is 1.66 bits per heavy atom. The van der Waals surface area contributed by atoms with Gasteiger partial charge in [0.15, 0.2) is 0 Å². The second-order valence-corrected chi connectivity index (χ2v) is 6.66. The standard InChI is InChI=1S/C22H21N5O2/c1-2-20-18(13-24-27(20)14-15-8-4-3-5-9-15)22(29)26-25-21(28)17-12-23-19-11-7-6-10-16(17)19/h3-13,23H,2,14H2,1H3,(H,25,28)(H,26,29). The van der Waals surface area contributed by atoms with E-state index in [-0.39, 0.29) is 5.91 Å². The van der Waals surface area contributed by atoms with Crippen molar-refractivity contribution in [3.8, 4) is 0 Å². The maximum atomic E-state index is 12.6. The summed E-state index contributed by atoms with van der Waals surface area (Å²) in [6.45, 7) is 2.55. The van der Waals surface area contributed by atoms with E-state index in [0.717, 1.165) is 22.2 Å². The van der Waals surface area contributed by atoms with Gasteiger partial charge in [0.25, 0.3) is 11.8 Å². The first-order valence-electron chi connectivity index (χ1n) is 9.42. The van der Waals surface area contributed by atoms with Gasteiger partial charge in [0.1, 0.15) is 0 Å². The summed E-state index contributed by atoms with van der Waals surface area (Å²) in [7, 11) is 0. The van der Waals surface area contributed by atoms with E-state index >= 15 is 0 Å². The molecule has 0 saturated carbocycles. The molecule has 2 aromatic heterocycles. The van der Waals surface area contributed by atoms with Crippen LogP contribution >= 0.6 is 0 Å². The summed E-state index contributed by atoms with van der Waals surface area (Å²) < 4.78 is 1.81. The number of H-pyrrole nitrogens is 1. The number of aromatic amines is 1. The number of hydrazine groups is 1. The first-order chi connectivity index (χ1) is 14.2. The highest BCUT2D eigenvalue weighted by Gasteiger charge is 2.18. The molecule has 4 rings (SSSR count). The molecule has 146 valence electrons. The third-order valence-electron chi connectivity index (χ3n) is 4.83. The highest BCUT2D eigenvalue weighted by Crippen LogP contribution is 2.17. The first-order valence-corrected chi connectivity index (χ1v) is 9.42. The minimum absolute atomic E-state index is 0.384. The molecule has 0 fully saturated rings. The molecule has 2 amide bonds. The van der Waals surface area contributed by atoms with Gasteiger partial charge < -0.3 is 4.98 Å². The van der Waals surface area contributed by atoms with Crippen LogP contribution in [-0.2, 0) is 13.0 Å². The minimum Gasteiger partial charge on any atom is -0.360 e. The van der Waals surface area contributed by atoms with E-state index in [9.17, 15) is 9.59 Å². The molecular formula is C22H21N5O2. The predicted octanol–water partition coefficient (Wildman–Crippen LogP) is 3.05. The van der Waals surface area contributed by atoms with Crippen LogP contribution in [0.3, 0.4) is 0 Å². The molecule has 0 bridgehead atoms. The lowest BCUT2D eigenvalue weighted by molar-refractivity contribution is 0.0847. The number of nitrogens with zero attached hydrogens (tertiary/aromatic N) is 2. The zero-order valence-corrected chi connectivity index (χ0v) is 16.0. The summed E-state index contributed by atoms with van der Waals surface area (Å²) in [6, 6.07) is 17.4. The Morgan fingerprint density at radius 3 is 2.41 bits per heavy atom. The molecule has 0 unspecified atom stereocenters. The Morgan fingerprint density at radius 1 is 0.966 bits per heavy atom. The summed E-state index contributed by atoms with van der Waals surface area (Å²) in [4.78, 5) is 28.2. The number of hydrogen-bond donors (Lipinski definition) is 3. The maximum Gasteiger partial charge on any atom is 0.273 e. The molecule has 0 atom stereocenters. The van der Waals surface area contributed by atoms with Crippen LogP contribution in [0.25, 0.3) is 10.9 Å². The number of nitrogens with one attached hydrogen (secondary N) is 3. The summed E-state index contributed by atoms with van der Waals surface area (Å²) in [5, 5.41) is 5.15. The SMILES string of the molecule is CCc1c(C(=O)NNC(=O)c2c[nH]c3ccccc23)cnn1Cc1ccccc1. The lowest BCUT2D eigenvalue weighted by Gasteiger charge is -2.09. The fourth-order valence-electron chi connectivity index (χ4n) is 3.37. The highest BCUT2D eigenvalue weighted by atomic mass is 16.2. The van der Waals surface area contributed by atoms with Gasteiger partial charge in [-0.1, -0.05) is 55.5 Å². The number of aromatic nitrogens is 3. The van der Waals surface area contributed by atoms with E-state index in [2.05, 4.69) is 20.9 Å². The topological polar surface area (TPSA) is 91.8 Å². The van der Waals surface area contributed by atoms with Crippen LogP contribution < -0.4 is 10.9 Å². The van der Waals surface area contributed by atoms with E-state index in [1.807, 2.05) is 66.2 Å². The second-order valence-electron chi connectivity index (χ2n) is 6.66. The quantitative estimate of drug-likeness (QED) is 0.460. The van der Waals surface area contributed by atoms with Crippen molar-refractivity contribution in [2.24, 2.45) is 0 Å². The summed E-state index contributed by atoms with van der Waals surface area (Å²) in [5.74, 6) is -0.778. The highest BCUT2D eigenvalue weighted by molar-refractivity contribution is 6.07. The molecule has 4 aromatic rings. The average Bonchev–Trinajstić information content (AvgIpc) is 3.36. The van der Waals surface area contributed by atoms with Crippen LogP contribution in [0, 0.1) is 0 Å². The van der Waals surface area contributed by atoms with Gasteiger partial charge >= 0.3 is 0 Å². The molecule has 0 aliphatic heterocycles.